The largest absolute Gasteiger partial charge is 0.160 e. The van der Waals surface area contributed by atoms with Gasteiger partial charge in [-0.25, -0.2) is 0 Å². The lowest BCUT2D eigenvalue weighted by Gasteiger charge is -2.66. The summed E-state index contributed by atoms with van der Waals surface area (Å²) in [5.41, 5.74) is 4.93. The third kappa shape index (κ3) is 3.18. The monoisotopic (exact) mass is 396 g/mol. The molecule has 6 fully saturated rings. The molecule has 8 atom stereocenters. The molecule has 0 unspecified atom stereocenters. The van der Waals surface area contributed by atoms with E-state index < -0.39 is 8.07 Å². The van der Waals surface area contributed by atoms with Crippen molar-refractivity contribution in [2.24, 2.45) is 46.3 Å². The van der Waals surface area contributed by atoms with Gasteiger partial charge in [-0.2, -0.15) is 0 Å². The van der Waals surface area contributed by atoms with Crippen LogP contribution in [0.2, 0.25) is 37.6 Å². The smallest absolute Gasteiger partial charge is 0.133 e. The van der Waals surface area contributed by atoms with Gasteiger partial charge in [0.2, 0.25) is 0 Å². The fourth-order valence-corrected chi connectivity index (χ4v) is 9.20. The van der Waals surface area contributed by atoms with Gasteiger partial charge in [0.25, 0.3) is 0 Å². The van der Waals surface area contributed by atoms with Gasteiger partial charge in [0.15, 0.2) is 6.71 Å². The van der Waals surface area contributed by atoms with Crippen molar-refractivity contribution < 1.29 is 0 Å². The fraction of sp³-hybridized carbons (Fsp3) is 0.923. The molecule has 156 valence electrons. The van der Waals surface area contributed by atoms with E-state index in [2.05, 4.69) is 72.6 Å². The predicted octanol–water partition coefficient (Wildman–Crippen LogP) is 7.51. The van der Waals surface area contributed by atoms with Crippen LogP contribution in [0.25, 0.3) is 0 Å². The lowest BCUT2D eigenvalue weighted by Crippen LogP contribution is -2.59. The molecule has 0 aromatic heterocycles. The van der Waals surface area contributed by atoms with Gasteiger partial charge in [0, 0.05) is 0 Å². The van der Waals surface area contributed by atoms with Crippen molar-refractivity contribution in [3.8, 4) is 11.5 Å². The first-order chi connectivity index (χ1) is 12.8. The molecule has 6 rings (SSSR count). The standard InChI is InChI=1S/C26H45BSi/c1-17-21-13-19(25(21,3)4)15-23(17)27(11-10-12-28(7,8)9)24-16-20-14-22(18(24)2)26(20,5)6/h17-24H,11,13-16H2,1-9H3/t17-,18-,19+,20+,21-,22-,23-,24-/m0/s1. The molecule has 28 heavy (non-hydrogen) atoms. The van der Waals surface area contributed by atoms with Crippen molar-refractivity contribution in [3.63, 3.8) is 0 Å². The summed E-state index contributed by atoms with van der Waals surface area (Å²) in [7, 11) is -1.27. The lowest BCUT2D eigenvalue weighted by atomic mass is 9.20. The van der Waals surface area contributed by atoms with Crippen molar-refractivity contribution in [1.29, 1.82) is 0 Å². The van der Waals surface area contributed by atoms with Crippen LogP contribution >= 0.6 is 0 Å². The van der Waals surface area contributed by atoms with Gasteiger partial charge in [-0.3, -0.25) is 0 Å². The van der Waals surface area contributed by atoms with Gasteiger partial charge in [0.1, 0.15) is 8.07 Å². The van der Waals surface area contributed by atoms with E-state index in [0.717, 1.165) is 53.9 Å². The lowest BCUT2D eigenvalue weighted by molar-refractivity contribution is -0.107. The molecule has 0 spiro atoms. The van der Waals surface area contributed by atoms with E-state index in [1.807, 2.05) is 0 Å². The average Bonchev–Trinajstić information content (AvgIpc) is 2.57. The van der Waals surface area contributed by atoms with Gasteiger partial charge in [-0.05, 0) is 65.5 Å². The minimum absolute atomic E-state index is 0.604. The normalized spacial score (nSPS) is 45.2. The van der Waals surface area contributed by atoms with Crippen LogP contribution in [-0.2, 0) is 0 Å². The summed E-state index contributed by atoms with van der Waals surface area (Å²) in [6.45, 7) is 23.5. The Morgan fingerprint density at radius 1 is 0.786 bits per heavy atom. The first kappa shape index (κ1) is 21.1. The van der Waals surface area contributed by atoms with Gasteiger partial charge in [0.05, 0.1) is 0 Å². The van der Waals surface area contributed by atoms with Crippen LogP contribution in [0.15, 0.2) is 0 Å². The zero-order chi connectivity index (χ0) is 20.6. The van der Waals surface area contributed by atoms with E-state index in [4.69, 9.17) is 0 Å². The molecule has 6 saturated carbocycles. The summed E-state index contributed by atoms with van der Waals surface area (Å²) in [5, 5.41) is 0. The number of hydrogen-bond donors (Lipinski definition) is 0. The summed E-state index contributed by atoms with van der Waals surface area (Å²) >= 11 is 0. The molecule has 6 aliphatic rings. The highest BCUT2D eigenvalue weighted by Gasteiger charge is 2.62. The zero-order valence-corrected chi connectivity index (χ0v) is 21.2. The molecule has 0 N–H and O–H groups in total. The van der Waals surface area contributed by atoms with Crippen molar-refractivity contribution in [3.05, 3.63) is 0 Å². The van der Waals surface area contributed by atoms with E-state index >= 15 is 0 Å². The summed E-state index contributed by atoms with van der Waals surface area (Å²) < 4.78 is 0. The van der Waals surface area contributed by atoms with Crippen LogP contribution in [-0.4, -0.2) is 14.8 Å². The van der Waals surface area contributed by atoms with Crippen LogP contribution in [0.1, 0.15) is 67.2 Å². The van der Waals surface area contributed by atoms with E-state index in [0.29, 0.717) is 10.8 Å². The van der Waals surface area contributed by atoms with E-state index in [-0.39, 0.29) is 0 Å². The number of rotatable bonds is 3. The Labute approximate surface area is 177 Å². The van der Waals surface area contributed by atoms with Crippen molar-refractivity contribution in [2.75, 3.05) is 0 Å². The molecule has 0 aromatic rings. The summed E-state index contributed by atoms with van der Waals surface area (Å²) in [4.78, 5) is 0. The van der Waals surface area contributed by atoms with Crippen LogP contribution in [0.3, 0.4) is 0 Å². The minimum atomic E-state index is -1.27. The Kier molecular flexibility index (Phi) is 5.02. The van der Waals surface area contributed by atoms with Crippen molar-refractivity contribution in [2.45, 2.75) is 105 Å². The van der Waals surface area contributed by atoms with Crippen LogP contribution in [0, 0.1) is 57.8 Å². The maximum atomic E-state index is 3.77. The first-order valence-corrected chi connectivity index (χ1v) is 15.8. The van der Waals surface area contributed by atoms with E-state index in [9.17, 15) is 0 Å². The first-order valence-electron chi connectivity index (χ1n) is 12.3. The SMILES string of the molecule is C[C@@H]1[C@@H](B(CC#C[Si](C)(C)C)[C@H]2C[C@H]3C[C@@H]([C@@H]2C)C3(C)C)C[C@H]2C[C@@H]1C2(C)C. The van der Waals surface area contributed by atoms with E-state index in [1.54, 1.807) is 0 Å². The van der Waals surface area contributed by atoms with Gasteiger partial charge in [-0.1, -0.05) is 85.7 Å². The molecule has 4 bridgehead atoms. The summed E-state index contributed by atoms with van der Waals surface area (Å²) in [5.74, 6) is 11.3. The Bertz CT molecular complexity index is 633. The van der Waals surface area contributed by atoms with Crippen LogP contribution in [0.5, 0.6) is 0 Å². The third-order valence-corrected chi connectivity index (χ3v) is 11.7. The molecule has 0 saturated heterocycles. The molecule has 0 amide bonds. The van der Waals surface area contributed by atoms with Gasteiger partial charge in [-0.15, -0.1) is 11.5 Å². The highest BCUT2D eigenvalue weighted by Crippen LogP contribution is 2.69. The van der Waals surface area contributed by atoms with Crippen LogP contribution in [0.4, 0.5) is 0 Å². The highest BCUT2D eigenvalue weighted by molar-refractivity contribution is 6.84. The van der Waals surface area contributed by atoms with Crippen molar-refractivity contribution >= 4 is 14.8 Å². The minimum Gasteiger partial charge on any atom is -0.133 e. The highest BCUT2D eigenvalue weighted by atomic mass is 28.3. The predicted molar refractivity (Wildman–Crippen MR) is 128 cm³/mol. The fourth-order valence-electron chi connectivity index (χ4n) is 8.56. The summed E-state index contributed by atoms with van der Waals surface area (Å²) in [6.07, 6.45) is 7.19. The molecule has 2 heteroatoms. The van der Waals surface area contributed by atoms with E-state index in [1.165, 1.54) is 32.0 Å². The Hall–Kier alpha value is -0.158. The molecular weight excluding hydrogens is 351 g/mol. The Morgan fingerprint density at radius 3 is 1.54 bits per heavy atom. The molecule has 0 aliphatic heterocycles. The second-order valence-corrected chi connectivity index (χ2v) is 18.4. The second kappa shape index (κ2) is 6.67. The maximum Gasteiger partial charge on any atom is 0.160 e. The molecule has 0 heterocycles. The van der Waals surface area contributed by atoms with Gasteiger partial charge < -0.3 is 0 Å². The Morgan fingerprint density at radius 2 is 1.21 bits per heavy atom. The van der Waals surface area contributed by atoms with Gasteiger partial charge >= 0.3 is 0 Å². The molecule has 0 nitrogen and oxygen atoms in total. The number of hydrogen-bond acceptors (Lipinski definition) is 0. The second-order valence-electron chi connectivity index (χ2n) is 13.7. The third-order valence-electron chi connectivity index (χ3n) is 10.7. The molecular formula is C26H45BSi. The average molecular weight is 397 g/mol. The van der Waals surface area contributed by atoms with Crippen molar-refractivity contribution in [1.82, 2.24) is 0 Å². The van der Waals surface area contributed by atoms with Crippen LogP contribution < -0.4 is 0 Å². The molecule has 0 radical (unpaired) electrons. The molecule has 0 aromatic carbocycles. The summed E-state index contributed by atoms with van der Waals surface area (Å²) in [6, 6.07) is 0. The quantitative estimate of drug-likeness (QED) is 0.342. The zero-order valence-electron chi connectivity index (χ0n) is 20.2. The molecule has 6 aliphatic carbocycles. The Balaban J connectivity index is 1.58. The number of fused-ring (bicyclic) bond motifs is 4. The maximum absolute atomic E-state index is 3.77. The topological polar surface area (TPSA) is 0 Å².